The molecule has 100 valence electrons. The zero-order valence-corrected chi connectivity index (χ0v) is 10.7. The van der Waals surface area contributed by atoms with E-state index in [1.807, 2.05) is 0 Å². The number of nitrogens with zero attached hydrogens (tertiary/aromatic N) is 2. The van der Waals surface area contributed by atoms with Gasteiger partial charge in [-0.3, -0.25) is 0 Å². The summed E-state index contributed by atoms with van der Waals surface area (Å²) < 4.78 is 0. The Morgan fingerprint density at radius 2 is 2.11 bits per heavy atom. The van der Waals surface area contributed by atoms with Crippen molar-refractivity contribution in [2.45, 2.75) is 26.7 Å². The van der Waals surface area contributed by atoms with Crippen LogP contribution in [0.3, 0.4) is 0 Å². The van der Waals surface area contributed by atoms with E-state index in [0.717, 1.165) is 12.8 Å². The summed E-state index contributed by atoms with van der Waals surface area (Å²) in [6.45, 7) is 5.06. The molecule has 1 rings (SSSR count). The topological polar surface area (TPSA) is 95.3 Å². The highest BCUT2D eigenvalue weighted by molar-refractivity contribution is 5.85. The van der Waals surface area contributed by atoms with Crippen molar-refractivity contribution >= 4 is 11.8 Å². The molecule has 18 heavy (non-hydrogen) atoms. The molecule has 0 unspecified atom stereocenters. The van der Waals surface area contributed by atoms with Gasteiger partial charge in [-0.05, 0) is 30.4 Å². The van der Waals surface area contributed by atoms with E-state index in [1.165, 1.54) is 6.07 Å². The predicted molar refractivity (Wildman–Crippen MR) is 67.6 cm³/mol. The quantitative estimate of drug-likeness (QED) is 0.679. The van der Waals surface area contributed by atoms with Crippen molar-refractivity contribution in [2.75, 3.05) is 18.5 Å². The van der Waals surface area contributed by atoms with Crippen LogP contribution >= 0.6 is 0 Å². The van der Waals surface area contributed by atoms with E-state index in [-0.39, 0.29) is 17.7 Å². The first-order chi connectivity index (χ1) is 8.44. The monoisotopic (exact) mass is 253 g/mol. The standard InChI is InChI=1S/C12H19N3O3/c1-12(2,6-3-7-16)8-13-10-5-4-9(11(17)18)14-15-10/h4-5,16H,3,6-8H2,1-2H3,(H,13,15)(H,17,18). The Labute approximate surface area is 106 Å². The number of carboxylic acid groups (broad SMARTS) is 1. The summed E-state index contributed by atoms with van der Waals surface area (Å²) in [6.07, 6.45) is 1.66. The zero-order chi connectivity index (χ0) is 13.6. The number of hydrogen-bond donors (Lipinski definition) is 3. The first kappa shape index (κ1) is 14.4. The molecule has 6 nitrogen and oxygen atoms in total. The number of carboxylic acids is 1. The molecule has 0 bridgehead atoms. The Morgan fingerprint density at radius 1 is 1.39 bits per heavy atom. The number of aliphatic hydroxyl groups excluding tert-OH is 1. The molecule has 1 aromatic rings. The van der Waals surface area contributed by atoms with Gasteiger partial charge in [-0.25, -0.2) is 4.79 Å². The fourth-order valence-electron chi connectivity index (χ4n) is 1.52. The van der Waals surface area contributed by atoms with Crippen molar-refractivity contribution < 1.29 is 15.0 Å². The van der Waals surface area contributed by atoms with Gasteiger partial charge in [0.25, 0.3) is 0 Å². The van der Waals surface area contributed by atoms with Gasteiger partial charge in [0.2, 0.25) is 0 Å². The fourth-order valence-corrected chi connectivity index (χ4v) is 1.52. The predicted octanol–water partition coefficient (Wildman–Crippen LogP) is 1.39. The van der Waals surface area contributed by atoms with Crippen molar-refractivity contribution in [3.8, 4) is 0 Å². The third-order valence-corrected chi connectivity index (χ3v) is 2.64. The van der Waals surface area contributed by atoms with Crippen LogP contribution in [0.25, 0.3) is 0 Å². The van der Waals surface area contributed by atoms with Crippen LogP contribution in [-0.2, 0) is 0 Å². The van der Waals surface area contributed by atoms with Gasteiger partial charge in [-0.2, -0.15) is 0 Å². The van der Waals surface area contributed by atoms with Crippen LogP contribution in [0, 0.1) is 5.41 Å². The van der Waals surface area contributed by atoms with E-state index in [4.69, 9.17) is 10.2 Å². The van der Waals surface area contributed by atoms with E-state index in [2.05, 4.69) is 29.4 Å². The van der Waals surface area contributed by atoms with Crippen LogP contribution in [0.15, 0.2) is 12.1 Å². The maximum atomic E-state index is 10.6. The van der Waals surface area contributed by atoms with Gasteiger partial charge in [0.1, 0.15) is 5.82 Å². The molecule has 0 spiro atoms. The van der Waals surface area contributed by atoms with Gasteiger partial charge in [-0.1, -0.05) is 13.8 Å². The second-order valence-electron chi connectivity index (χ2n) is 4.95. The lowest BCUT2D eigenvalue weighted by atomic mass is 9.88. The SMILES string of the molecule is CC(C)(CCCO)CNc1ccc(C(=O)O)nn1. The molecule has 0 aromatic carbocycles. The average Bonchev–Trinajstić information content (AvgIpc) is 2.35. The molecule has 0 fully saturated rings. The molecule has 0 atom stereocenters. The second kappa shape index (κ2) is 6.30. The van der Waals surface area contributed by atoms with Crippen LogP contribution in [-0.4, -0.2) is 39.5 Å². The van der Waals surface area contributed by atoms with E-state index in [1.54, 1.807) is 6.07 Å². The number of aromatic carboxylic acids is 1. The lowest BCUT2D eigenvalue weighted by Gasteiger charge is -2.24. The maximum absolute atomic E-state index is 10.6. The molecule has 0 aliphatic heterocycles. The Kier molecular flexibility index (Phi) is 5.03. The highest BCUT2D eigenvalue weighted by Crippen LogP contribution is 2.22. The smallest absolute Gasteiger partial charge is 0.356 e. The lowest BCUT2D eigenvalue weighted by Crippen LogP contribution is -2.24. The molecule has 1 heterocycles. The van der Waals surface area contributed by atoms with Crippen molar-refractivity contribution in [2.24, 2.45) is 5.41 Å². The van der Waals surface area contributed by atoms with Gasteiger partial charge in [0, 0.05) is 13.2 Å². The summed E-state index contributed by atoms with van der Waals surface area (Å²) in [5, 5.41) is 28.0. The van der Waals surface area contributed by atoms with Crippen molar-refractivity contribution in [3.05, 3.63) is 17.8 Å². The van der Waals surface area contributed by atoms with Crippen molar-refractivity contribution in [1.29, 1.82) is 0 Å². The van der Waals surface area contributed by atoms with E-state index in [9.17, 15) is 4.79 Å². The summed E-state index contributed by atoms with van der Waals surface area (Å²) in [5.74, 6) is -0.533. The summed E-state index contributed by atoms with van der Waals surface area (Å²) in [6, 6.07) is 3.01. The molecule has 0 aliphatic rings. The zero-order valence-electron chi connectivity index (χ0n) is 10.7. The number of carbonyl (C=O) groups is 1. The van der Waals surface area contributed by atoms with Gasteiger partial charge in [0.05, 0.1) is 0 Å². The highest BCUT2D eigenvalue weighted by Gasteiger charge is 2.17. The Balaban J connectivity index is 2.50. The normalized spacial score (nSPS) is 11.3. The number of anilines is 1. The average molecular weight is 253 g/mol. The summed E-state index contributed by atoms with van der Waals surface area (Å²) in [7, 11) is 0. The second-order valence-corrected chi connectivity index (χ2v) is 4.95. The van der Waals surface area contributed by atoms with Gasteiger partial charge in [-0.15, -0.1) is 10.2 Å². The van der Waals surface area contributed by atoms with E-state index < -0.39 is 5.97 Å². The number of aliphatic hydroxyl groups is 1. The third kappa shape index (κ3) is 4.67. The lowest BCUT2D eigenvalue weighted by molar-refractivity contribution is 0.0689. The number of hydrogen-bond acceptors (Lipinski definition) is 5. The number of nitrogens with one attached hydrogen (secondary N) is 1. The van der Waals surface area contributed by atoms with E-state index in [0.29, 0.717) is 12.4 Å². The molecule has 0 radical (unpaired) electrons. The maximum Gasteiger partial charge on any atom is 0.356 e. The molecule has 0 saturated carbocycles. The van der Waals surface area contributed by atoms with Crippen LogP contribution in [0.4, 0.5) is 5.82 Å². The Hall–Kier alpha value is -1.69. The molecule has 1 aromatic heterocycles. The van der Waals surface area contributed by atoms with Crippen LogP contribution in [0.2, 0.25) is 0 Å². The third-order valence-electron chi connectivity index (χ3n) is 2.64. The first-order valence-electron chi connectivity index (χ1n) is 5.86. The molecule has 0 saturated heterocycles. The minimum absolute atomic E-state index is 0.0376. The molecule has 3 N–H and O–H groups in total. The molecular formula is C12H19N3O3. The minimum Gasteiger partial charge on any atom is -0.476 e. The molecule has 6 heteroatoms. The van der Waals surface area contributed by atoms with Crippen molar-refractivity contribution in [1.82, 2.24) is 10.2 Å². The number of rotatable bonds is 7. The summed E-state index contributed by atoms with van der Waals surface area (Å²) in [4.78, 5) is 10.6. The highest BCUT2D eigenvalue weighted by atomic mass is 16.4. The van der Waals surface area contributed by atoms with Crippen LogP contribution < -0.4 is 5.32 Å². The van der Waals surface area contributed by atoms with E-state index >= 15 is 0 Å². The Bertz CT molecular complexity index is 390. The molecule has 0 aliphatic carbocycles. The Morgan fingerprint density at radius 3 is 2.61 bits per heavy atom. The van der Waals surface area contributed by atoms with Crippen LogP contribution in [0.1, 0.15) is 37.2 Å². The summed E-state index contributed by atoms with van der Waals surface area (Å²) in [5.41, 5.74) is -0.0318. The summed E-state index contributed by atoms with van der Waals surface area (Å²) >= 11 is 0. The van der Waals surface area contributed by atoms with Crippen molar-refractivity contribution in [3.63, 3.8) is 0 Å². The van der Waals surface area contributed by atoms with Gasteiger partial charge >= 0.3 is 5.97 Å². The molecular weight excluding hydrogens is 234 g/mol. The van der Waals surface area contributed by atoms with Gasteiger partial charge < -0.3 is 15.5 Å². The first-order valence-corrected chi connectivity index (χ1v) is 5.86. The fraction of sp³-hybridized carbons (Fsp3) is 0.583. The molecule has 0 amide bonds. The largest absolute Gasteiger partial charge is 0.476 e. The van der Waals surface area contributed by atoms with Crippen LogP contribution in [0.5, 0.6) is 0 Å². The number of aromatic nitrogens is 2. The minimum atomic E-state index is -1.09. The van der Waals surface area contributed by atoms with Gasteiger partial charge in [0.15, 0.2) is 5.69 Å².